The summed E-state index contributed by atoms with van der Waals surface area (Å²) in [5.74, 6) is -8.34. The summed E-state index contributed by atoms with van der Waals surface area (Å²) in [4.78, 5) is 24.1. The molecule has 3 aromatic heterocycles. The van der Waals surface area contributed by atoms with Gasteiger partial charge in [-0.25, -0.2) is 37.1 Å². The number of pyridine rings is 1. The van der Waals surface area contributed by atoms with Gasteiger partial charge in [-0.2, -0.15) is 4.39 Å². The second-order valence-electron chi connectivity index (χ2n) is 5.77. The van der Waals surface area contributed by atoms with Crippen LogP contribution in [0.5, 0.6) is 5.88 Å². The number of benzene rings is 1. The van der Waals surface area contributed by atoms with E-state index in [9.17, 15) is 31.9 Å². The van der Waals surface area contributed by atoms with E-state index in [-0.39, 0.29) is 15.5 Å². The van der Waals surface area contributed by atoms with Crippen LogP contribution in [0.2, 0.25) is 0 Å². The second kappa shape index (κ2) is 7.65. The van der Waals surface area contributed by atoms with E-state index in [0.29, 0.717) is 34.7 Å². The summed E-state index contributed by atoms with van der Waals surface area (Å²) in [5, 5.41) is 8.96. The first kappa shape index (κ1) is 20.2. The molecule has 4 rings (SSSR count). The van der Waals surface area contributed by atoms with Crippen LogP contribution in [-0.4, -0.2) is 24.6 Å². The maximum Gasteiger partial charge on any atom is 0.278 e. The molecule has 0 saturated carbocycles. The Hall–Kier alpha value is -3.06. The van der Waals surface area contributed by atoms with Crippen LogP contribution in [0.25, 0.3) is 16.0 Å². The lowest BCUT2D eigenvalue weighted by atomic mass is 10.2. The number of aromatic nitrogens is 4. The van der Waals surface area contributed by atoms with Crippen molar-refractivity contribution in [2.24, 2.45) is 0 Å². The van der Waals surface area contributed by atoms with Crippen LogP contribution in [0, 0.1) is 29.1 Å². The number of rotatable bonds is 4. The molecule has 0 amide bonds. The fourth-order valence-corrected chi connectivity index (χ4v) is 4.22. The van der Waals surface area contributed by atoms with Gasteiger partial charge in [-0.15, -0.1) is 11.3 Å². The Bertz CT molecular complexity index is 1340. The number of thiazole rings is 1. The number of hydrogen-bond acceptors (Lipinski definition) is 7. The third-order valence-corrected chi connectivity index (χ3v) is 5.72. The minimum absolute atomic E-state index is 0.00332. The van der Waals surface area contributed by atoms with Crippen LogP contribution in [0.4, 0.5) is 22.0 Å². The van der Waals surface area contributed by atoms with Crippen molar-refractivity contribution in [3.63, 3.8) is 0 Å². The molecule has 1 aromatic carbocycles. The molecule has 1 N–H and O–H groups in total. The molecule has 4 aromatic rings. The monoisotopic (exact) mass is 458 g/mol. The fraction of sp³-hybridized carbons (Fsp3) is 0.0588. The predicted octanol–water partition coefficient (Wildman–Crippen LogP) is 3.93. The summed E-state index contributed by atoms with van der Waals surface area (Å²) in [5.41, 5.74) is -0.688. The summed E-state index contributed by atoms with van der Waals surface area (Å²) in [6.07, 6.45) is 0.715. The van der Waals surface area contributed by atoms with Gasteiger partial charge in [0.2, 0.25) is 5.82 Å². The minimum atomic E-state index is -1.68. The van der Waals surface area contributed by atoms with Gasteiger partial charge in [-0.3, -0.25) is 4.79 Å². The molecule has 3 heterocycles. The van der Waals surface area contributed by atoms with Gasteiger partial charge in [-0.1, -0.05) is 11.8 Å². The number of halogens is 5. The van der Waals surface area contributed by atoms with Gasteiger partial charge in [-0.05, 0) is 0 Å². The molecule has 0 atom stereocenters. The van der Waals surface area contributed by atoms with Gasteiger partial charge in [0.1, 0.15) is 27.8 Å². The second-order valence-corrected chi connectivity index (χ2v) is 7.57. The lowest BCUT2D eigenvalue weighted by Crippen LogP contribution is -2.22. The van der Waals surface area contributed by atoms with Crippen molar-refractivity contribution < 1.29 is 27.1 Å². The lowest BCUT2D eigenvalue weighted by molar-refractivity contribution is 0.386. The Kier molecular flexibility index (Phi) is 5.15. The average Bonchev–Trinajstić information content (AvgIpc) is 3.15. The van der Waals surface area contributed by atoms with Gasteiger partial charge >= 0.3 is 0 Å². The molecule has 13 heteroatoms. The number of fused-ring (bicyclic) bond motifs is 1. The Morgan fingerprint density at radius 3 is 2.47 bits per heavy atom. The molecule has 0 aliphatic rings. The number of aromatic hydroxyl groups is 1. The highest BCUT2D eigenvalue weighted by atomic mass is 32.2. The van der Waals surface area contributed by atoms with Crippen molar-refractivity contribution in [1.82, 2.24) is 19.5 Å². The Morgan fingerprint density at radius 1 is 1.07 bits per heavy atom. The van der Waals surface area contributed by atoms with Gasteiger partial charge in [0.15, 0.2) is 16.6 Å². The third-order valence-electron chi connectivity index (χ3n) is 3.95. The smallest absolute Gasteiger partial charge is 0.278 e. The van der Waals surface area contributed by atoms with Gasteiger partial charge in [0.25, 0.3) is 11.4 Å². The highest BCUT2D eigenvalue weighted by Gasteiger charge is 2.23. The normalized spacial score (nSPS) is 11.4. The Labute approximate surface area is 171 Å². The fourth-order valence-electron chi connectivity index (χ4n) is 2.55. The molecule has 0 bridgehead atoms. The Morgan fingerprint density at radius 2 is 1.77 bits per heavy atom. The van der Waals surface area contributed by atoms with Crippen molar-refractivity contribution in [2.75, 3.05) is 0 Å². The average molecular weight is 458 g/mol. The van der Waals surface area contributed by atoms with E-state index in [4.69, 9.17) is 0 Å². The molecule has 0 saturated heterocycles. The van der Waals surface area contributed by atoms with Crippen LogP contribution in [-0.2, 0) is 5.75 Å². The van der Waals surface area contributed by atoms with Crippen LogP contribution in [0.1, 0.15) is 5.56 Å². The zero-order valence-electron chi connectivity index (χ0n) is 14.4. The van der Waals surface area contributed by atoms with E-state index in [1.165, 1.54) is 5.51 Å². The van der Waals surface area contributed by atoms with Crippen LogP contribution in [0.3, 0.4) is 0 Å². The molecule has 0 aliphatic carbocycles. The van der Waals surface area contributed by atoms with Crippen LogP contribution >= 0.6 is 23.1 Å². The lowest BCUT2D eigenvalue weighted by Gasteiger charge is -2.13. The first-order chi connectivity index (χ1) is 14.3. The standard InChI is InChI=1S/C17H7F5N4O2S2/c18-6-1-8(19)7(9(20)2-6)4-29-17-25-14-13(30-5-24-14)16(28)26(17)10-3-23-15(27)12(22)11(10)21/h1-3,5H,4H2,(H,23,27). The van der Waals surface area contributed by atoms with Crippen molar-refractivity contribution in [1.29, 1.82) is 0 Å². The maximum absolute atomic E-state index is 14.4. The zero-order chi connectivity index (χ0) is 21.6. The summed E-state index contributed by atoms with van der Waals surface area (Å²) in [6.45, 7) is 0. The van der Waals surface area contributed by atoms with Gasteiger partial charge in [0, 0.05) is 23.4 Å². The summed E-state index contributed by atoms with van der Waals surface area (Å²) < 4.78 is 69.9. The van der Waals surface area contributed by atoms with Crippen LogP contribution in [0.15, 0.2) is 33.8 Å². The first-order valence-electron chi connectivity index (χ1n) is 7.93. The highest BCUT2D eigenvalue weighted by Crippen LogP contribution is 2.29. The molecule has 6 nitrogen and oxygen atoms in total. The molecule has 30 heavy (non-hydrogen) atoms. The number of thioether (sulfide) groups is 1. The van der Waals surface area contributed by atoms with Crippen molar-refractivity contribution in [3.05, 3.63) is 68.8 Å². The van der Waals surface area contributed by atoms with Crippen molar-refractivity contribution in [3.8, 4) is 11.6 Å². The Balaban J connectivity index is 1.87. The molecule has 0 fully saturated rings. The largest absolute Gasteiger partial charge is 0.491 e. The summed E-state index contributed by atoms with van der Waals surface area (Å²) in [6, 6.07) is 0.976. The third kappa shape index (κ3) is 3.39. The summed E-state index contributed by atoms with van der Waals surface area (Å²) >= 11 is 1.52. The molecular weight excluding hydrogens is 451 g/mol. The topological polar surface area (TPSA) is 80.9 Å². The van der Waals surface area contributed by atoms with Crippen molar-refractivity contribution >= 4 is 33.4 Å². The number of nitrogens with zero attached hydrogens (tertiary/aromatic N) is 4. The minimum Gasteiger partial charge on any atom is -0.491 e. The van der Waals surface area contributed by atoms with E-state index in [0.717, 1.165) is 11.3 Å². The van der Waals surface area contributed by atoms with E-state index in [1.54, 1.807) is 0 Å². The summed E-state index contributed by atoms with van der Waals surface area (Å²) in [7, 11) is 0. The van der Waals surface area contributed by atoms with E-state index in [1.807, 2.05) is 0 Å². The van der Waals surface area contributed by atoms with Crippen LogP contribution < -0.4 is 5.56 Å². The SMILES string of the molecule is O=c1c2scnc2nc(SCc2c(F)cc(F)cc2F)n1-c1cnc(O)c(F)c1F. The molecule has 0 spiro atoms. The van der Waals surface area contributed by atoms with E-state index >= 15 is 0 Å². The quantitative estimate of drug-likeness (QED) is 0.284. The van der Waals surface area contributed by atoms with Crippen molar-refractivity contribution in [2.45, 2.75) is 10.9 Å². The zero-order valence-corrected chi connectivity index (χ0v) is 16.0. The highest BCUT2D eigenvalue weighted by molar-refractivity contribution is 7.98. The predicted molar refractivity (Wildman–Crippen MR) is 98.3 cm³/mol. The van der Waals surface area contributed by atoms with E-state index in [2.05, 4.69) is 15.0 Å². The van der Waals surface area contributed by atoms with Gasteiger partial charge < -0.3 is 5.11 Å². The number of hydrogen-bond donors (Lipinski definition) is 1. The van der Waals surface area contributed by atoms with Gasteiger partial charge in [0.05, 0.1) is 11.7 Å². The molecule has 0 unspecified atom stereocenters. The molecule has 154 valence electrons. The molecular formula is C17H7F5N4O2S2. The molecule has 0 aliphatic heterocycles. The maximum atomic E-state index is 14.4. The molecule has 0 radical (unpaired) electrons. The first-order valence-corrected chi connectivity index (χ1v) is 9.80. The van der Waals surface area contributed by atoms with E-state index < -0.39 is 57.5 Å².